The molecule has 6 nitrogen and oxygen atoms in total. The number of nitrogens with one attached hydrogen (secondary N) is 1. The third-order valence-corrected chi connectivity index (χ3v) is 4.93. The van der Waals surface area contributed by atoms with Crippen LogP contribution in [0.25, 0.3) is 6.08 Å². The molecule has 0 saturated carbocycles. The van der Waals surface area contributed by atoms with Crippen molar-refractivity contribution < 1.29 is 19.1 Å². The number of benzene rings is 3. The normalized spacial score (nSPS) is 10.7. The van der Waals surface area contributed by atoms with E-state index in [1.807, 2.05) is 18.2 Å². The second kappa shape index (κ2) is 10.4. The molecule has 0 atom stereocenters. The van der Waals surface area contributed by atoms with Crippen LogP contribution in [0.3, 0.4) is 0 Å². The van der Waals surface area contributed by atoms with Gasteiger partial charge in [-0.1, -0.05) is 18.2 Å². The summed E-state index contributed by atoms with van der Waals surface area (Å²) in [5.41, 5.74) is 1.23. The zero-order chi connectivity index (χ0) is 22.2. The molecule has 0 radical (unpaired) electrons. The van der Waals surface area contributed by atoms with Gasteiger partial charge < -0.3 is 14.8 Å². The van der Waals surface area contributed by atoms with E-state index in [9.17, 15) is 14.9 Å². The van der Waals surface area contributed by atoms with Gasteiger partial charge in [-0.3, -0.25) is 4.79 Å². The Labute approximate surface area is 193 Å². The van der Waals surface area contributed by atoms with Crippen molar-refractivity contribution in [2.45, 2.75) is 0 Å². The molecule has 1 amide bonds. The lowest BCUT2D eigenvalue weighted by Crippen LogP contribution is -2.13. The number of anilines is 1. The number of ether oxygens (including phenoxy) is 2. The standard InChI is InChI=1S/C24H17IN2O4/c1-30-21-12-6-16(7-13-21)24(29)31-22-5-3-2-4-17(22)14-18(15-26)23(28)27-20-10-8-19(25)9-11-20/h2-14H,1H3,(H,27,28)/b18-14+. The first kappa shape index (κ1) is 22.1. The zero-order valence-electron chi connectivity index (χ0n) is 16.5. The van der Waals surface area contributed by atoms with Crippen molar-refractivity contribution in [3.05, 3.63) is 93.1 Å². The summed E-state index contributed by atoms with van der Waals surface area (Å²) in [5.74, 6) is -0.263. The van der Waals surface area contributed by atoms with Crippen molar-refractivity contribution in [1.29, 1.82) is 5.26 Å². The third kappa shape index (κ3) is 5.93. The highest BCUT2D eigenvalue weighted by Crippen LogP contribution is 2.23. The van der Waals surface area contributed by atoms with Crippen molar-refractivity contribution in [3.8, 4) is 17.6 Å². The molecule has 3 aromatic carbocycles. The number of halogens is 1. The van der Waals surface area contributed by atoms with Crippen LogP contribution in [0.15, 0.2) is 78.4 Å². The van der Waals surface area contributed by atoms with Crippen LogP contribution in [0, 0.1) is 14.9 Å². The van der Waals surface area contributed by atoms with Gasteiger partial charge in [-0.2, -0.15) is 5.26 Å². The third-order valence-electron chi connectivity index (χ3n) is 4.21. The summed E-state index contributed by atoms with van der Waals surface area (Å²) in [4.78, 5) is 25.0. The molecule has 3 rings (SSSR count). The molecule has 0 aromatic heterocycles. The molecule has 0 aliphatic carbocycles. The van der Waals surface area contributed by atoms with Gasteiger partial charge in [0.15, 0.2) is 0 Å². The van der Waals surface area contributed by atoms with Crippen LogP contribution in [0.2, 0.25) is 0 Å². The fraction of sp³-hybridized carbons (Fsp3) is 0.0417. The number of carbonyl (C=O) groups is 2. The summed E-state index contributed by atoms with van der Waals surface area (Å²) in [7, 11) is 1.54. The molecule has 1 N–H and O–H groups in total. The van der Waals surface area contributed by atoms with Crippen molar-refractivity contribution in [3.63, 3.8) is 0 Å². The fourth-order valence-electron chi connectivity index (χ4n) is 2.61. The van der Waals surface area contributed by atoms with E-state index in [4.69, 9.17) is 9.47 Å². The first-order valence-corrected chi connectivity index (χ1v) is 10.2. The van der Waals surface area contributed by atoms with E-state index >= 15 is 0 Å². The molecule has 7 heteroatoms. The number of methoxy groups -OCH3 is 1. The van der Waals surface area contributed by atoms with E-state index in [1.165, 1.54) is 13.2 Å². The Balaban J connectivity index is 1.80. The van der Waals surface area contributed by atoms with Gasteiger partial charge in [-0.15, -0.1) is 0 Å². The van der Waals surface area contributed by atoms with Crippen molar-refractivity contribution in [2.24, 2.45) is 0 Å². The lowest BCUT2D eigenvalue weighted by atomic mass is 10.1. The van der Waals surface area contributed by atoms with E-state index in [0.717, 1.165) is 3.57 Å². The molecule has 0 bridgehead atoms. The smallest absolute Gasteiger partial charge is 0.343 e. The number of rotatable bonds is 6. The molecular weight excluding hydrogens is 507 g/mol. The zero-order valence-corrected chi connectivity index (χ0v) is 18.6. The van der Waals surface area contributed by atoms with Crippen LogP contribution < -0.4 is 14.8 Å². The number of para-hydroxylation sites is 1. The van der Waals surface area contributed by atoms with E-state index in [1.54, 1.807) is 60.7 Å². The van der Waals surface area contributed by atoms with Crippen molar-refractivity contribution in [1.82, 2.24) is 0 Å². The highest BCUT2D eigenvalue weighted by atomic mass is 127. The van der Waals surface area contributed by atoms with Gasteiger partial charge in [0.2, 0.25) is 0 Å². The lowest BCUT2D eigenvalue weighted by molar-refractivity contribution is -0.112. The molecule has 0 saturated heterocycles. The van der Waals surface area contributed by atoms with Crippen LogP contribution in [0.1, 0.15) is 15.9 Å². The maximum absolute atomic E-state index is 12.5. The Kier molecular flexibility index (Phi) is 7.40. The predicted octanol–water partition coefficient (Wildman–Crippen LogP) is 5.06. The van der Waals surface area contributed by atoms with Gasteiger partial charge in [0.1, 0.15) is 23.1 Å². The Bertz CT molecular complexity index is 1160. The average molecular weight is 524 g/mol. The van der Waals surface area contributed by atoms with E-state index in [-0.39, 0.29) is 11.3 Å². The monoisotopic (exact) mass is 524 g/mol. The summed E-state index contributed by atoms with van der Waals surface area (Å²) >= 11 is 2.16. The van der Waals surface area contributed by atoms with Crippen molar-refractivity contribution >= 4 is 46.2 Å². The Morgan fingerprint density at radius 1 is 1.00 bits per heavy atom. The predicted molar refractivity (Wildman–Crippen MR) is 126 cm³/mol. The molecule has 0 fully saturated rings. The maximum Gasteiger partial charge on any atom is 0.343 e. The minimum Gasteiger partial charge on any atom is -0.497 e. The molecule has 154 valence electrons. The molecule has 0 spiro atoms. The SMILES string of the molecule is COc1ccc(C(=O)Oc2ccccc2/C=C(\C#N)C(=O)Nc2ccc(I)cc2)cc1. The van der Waals surface area contributed by atoms with E-state index < -0.39 is 11.9 Å². The topological polar surface area (TPSA) is 88.4 Å². The minimum atomic E-state index is -0.564. The summed E-state index contributed by atoms with van der Waals surface area (Å²) in [6, 6.07) is 22.3. The number of nitrogens with zero attached hydrogens (tertiary/aromatic N) is 1. The quantitative estimate of drug-likeness (QED) is 0.160. The molecule has 0 aliphatic rings. The Morgan fingerprint density at radius 2 is 1.68 bits per heavy atom. The molecule has 3 aromatic rings. The van der Waals surface area contributed by atoms with Gasteiger partial charge in [-0.25, -0.2) is 4.79 Å². The van der Waals surface area contributed by atoms with Gasteiger partial charge in [0.05, 0.1) is 12.7 Å². The molecular formula is C24H17IN2O4. The van der Waals surface area contributed by atoms with Gasteiger partial charge in [0, 0.05) is 14.8 Å². The molecule has 31 heavy (non-hydrogen) atoms. The molecule has 0 unspecified atom stereocenters. The molecule has 0 heterocycles. The highest BCUT2D eigenvalue weighted by Gasteiger charge is 2.14. The molecule has 0 aliphatic heterocycles. The number of nitriles is 1. The van der Waals surface area contributed by atoms with Crippen molar-refractivity contribution in [2.75, 3.05) is 12.4 Å². The number of hydrogen-bond acceptors (Lipinski definition) is 5. The van der Waals surface area contributed by atoms with Crippen LogP contribution in [-0.4, -0.2) is 19.0 Å². The number of carbonyl (C=O) groups excluding carboxylic acids is 2. The van der Waals surface area contributed by atoms with Gasteiger partial charge in [0.25, 0.3) is 5.91 Å². The van der Waals surface area contributed by atoms with Crippen LogP contribution in [-0.2, 0) is 4.79 Å². The van der Waals surface area contributed by atoms with Crippen LogP contribution in [0.4, 0.5) is 5.69 Å². The summed E-state index contributed by atoms with van der Waals surface area (Å²) in [6.07, 6.45) is 1.39. The van der Waals surface area contributed by atoms with Crippen LogP contribution in [0.5, 0.6) is 11.5 Å². The fourth-order valence-corrected chi connectivity index (χ4v) is 2.97. The van der Waals surface area contributed by atoms with E-state index in [0.29, 0.717) is 22.6 Å². The van der Waals surface area contributed by atoms with Gasteiger partial charge >= 0.3 is 5.97 Å². The average Bonchev–Trinajstić information content (AvgIpc) is 2.80. The largest absolute Gasteiger partial charge is 0.497 e. The summed E-state index contributed by atoms with van der Waals surface area (Å²) in [5, 5.41) is 12.2. The first-order chi connectivity index (χ1) is 15.0. The lowest BCUT2D eigenvalue weighted by Gasteiger charge is -2.09. The highest BCUT2D eigenvalue weighted by molar-refractivity contribution is 14.1. The summed E-state index contributed by atoms with van der Waals surface area (Å²) in [6.45, 7) is 0. The summed E-state index contributed by atoms with van der Waals surface area (Å²) < 4.78 is 11.6. The number of esters is 1. The second-order valence-corrected chi connectivity index (χ2v) is 7.53. The Hall–Kier alpha value is -3.64. The van der Waals surface area contributed by atoms with Crippen LogP contribution >= 0.6 is 22.6 Å². The number of hydrogen-bond donors (Lipinski definition) is 1. The minimum absolute atomic E-state index is 0.119. The maximum atomic E-state index is 12.5. The second-order valence-electron chi connectivity index (χ2n) is 6.29. The van der Waals surface area contributed by atoms with Gasteiger partial charge in [-0.05, 0) is 83.3 Å². The Morgan fingerprint density at radius 3 is 2.32 bits per heavy atom. The van der Waals surface area contributed by atoms with E-state index in [2.05, 4.69) is 27.9 Å². The number of amides is 1. The first-order valence-electron chi connectivity index (χ1n) is 9.14.